The normalized spacial score (nSPS) is 22.6. The predicted molar refractivity (Wildman–Crippen MR) is 95.2 cm³/mol. The van der Waals surface area contributed by atoms with E-state index in [0.717, 1.165) is 44.5 Å². The van der Waals surface area contributed by atoms with Gasteiger partial charge in [-0.25, -0.2) is 0 Å². The van der Waals surface area contributed by atoms with Gasteiger partial charge in [-0.1, -0.05) is 18.2 Å². The van der Waals surface area contributed by atoms with Gasteiger partial charge in [0, 0.05) is 37.7 Å². The SMILES string of the molecule is O=C1CCCN1CC[C@@H]1CN(C(=O)C2=CCCCO2)c2ccccc21. The molecule has 5 heteroatoms. The van der Waals surface area contributed by atoms with E-state index in [1.54, 1.807) is 0 Å². The van der Waals surface area contributed by atoms with Crippen molar-refractivity contribution in [1.29, 1.82) is 0 Å². The van der Waals surface area contributed by atoms with E-state index in [0.29, 0.717) is 25.3 Å². The standard InChI is InChI=1S/C20H24N2O3/c23-19-9-5-11-21(19)12-10-15-14-22(17-7-2-1-6-16(15)17)20(24)18-8-3-4-13-25-18/h1-2,6-8,15H,3-5,9-14H2/t15-/m1/s1. The number of hydrogen-bond donors (Lipinski definition) is 0. The van der Waals surface area contributed by atoms with Crippen molar-refractivity contribution < 1.29 is 14.3 Å². The third kappa shape index (κ3) is 3.15. The summed E-state index contributed by atoms with van der Waals surface area (Å²) in [6.07, 6.45) is 6.32. The molecule has 5 nitrogen and oxygen atoms in total. The molecule has 4 rings (SSSR count). The van der Waals surface area contributed by atoms with E-state index in [4.69, 9.17) is 4.74 Å². The third-order valence-electron chi connectivity index (χ3n) is 5.38. The van der Waals surface area contributed by atoms with Crippen molar-refractivity contribution in [3.63, 3.8) is 0 Å². The third-order valence-corrected chi connectivity index (χ3v) is 5.38. The molecule has 0 N–H and O–H groups in total. The van der Waals surface area contributed by atoms with Crippen molar-refractivity contribution in [1.82, 2.24) is 4.90 Å². The average molecular weight is 340 g/mol. The number of para-hydroxylation sites is 1. The molecule has 0 unspecified atom stereocenters. The molecule has 0 aromatic heterocycles. The Labute approximate surface area is 148 Å². The fraction of sp³-hybridized carbons (Fsp3) is 0.500. The van der Waals surface area contributed by atoms with Crippen LogP contribution in [0.2, 0.25) is 0 Å². The number of carbonyl (C=O) groups is 2. The van der Waals surface area contributed by atoms with E-state index in [2.05, 4.69) is 6.07 Å². The summed E-state index contributed by atoms with van der Waals surface area (Å²) in [4.78, 5) is 28.5. The highest BCUT2D eigenvalue weighted by Gasteiger charge is 2.34. The van der Waals surface area contributed by atoms with Crippen LogP contribution in [-0.4, -0.2) is 43.0 Å². The zero-order valence-electron chi connectivity index (χ0n) is 14.4. The molecule has 0 spiro atoms. The molecule has 1 aromatic rings. The molecule has 25 heavy (non-hydrogen) atoms. The van der Waals surface area contributed by atoms with Gasteiger partial charge >= 0.3 is 0 Å². The minimum atomic E-state index is -0.0353. The van der Waals surface area contributed by atoms with Crippen LogP contribution in [-0.2, 0) is 14.3 Å². The van der Waals surface area contributed by atoms with Crippen molar-refractivity contribution in [2.75, 3.05) is 31.1 Å². The summed E-state index contributed by atoms with van der Waals surface area (Å²) < 4.78 is 5.57. The van der Waals surface area contributed by atoms with Crippen molar-refractivity contribution in [3.05, 3.63) is 41.7 Å². The lowest BCUT2D eigenvalue weighted by molar-refractivity contribution is -0.127. The smallest absolute Gasteiger partial charge is 0.293 e. The van der Waals surface area contributed by atoms with Gasteiger partial charge in [0.1, 0.15) is 0 Å². The van der Waals surface area contributed by atoms with Crippen LogP contribution in [0.3, 0.4) is 0 Å². The van der Waals surface area contributed by atoms with Gasteiger partial charge in [0.15, 0.2) is 5.76 Å². The molecule has 1 aromatic carbocycles. The second kappa shape index (κ2) is 6.90. The molecular formula is C20H24N2O3. The summed E-state index contributed by atoms with van der Waals surface area (Å²) in [5.74, 6) is 0.987. The van der Waals surface area contributed by atoms with E-state index in [1.807, 2.05) is 34.1 Å². The molecule has 1 fully saturated rings. The number of hydrogen-bond acceptors (Lipinski definition) is 3. The maximum Gasteiger partial charge on any atom is 0.293 e. The molecule has 0 aliphatic carbocycles. The lowest BCUT2D eigenvalue weighted by atomic mass is 9.98. The van der Waals surface area contributed by atoms with Crippen LogP contribution >= 0.6 is 0 Å². The van der Waals surface area contributed by atoms with Gasteiger partial charge < -0.3 is 14.5 Å². The number of carbonyl (C=O) groups excluding carboxylic acids is 2. The monoisotopic (exact) mass is 340 g/mol. The number of likely N-dealkylation sites (tertiary alicyclic amines) is 1. The molecular weight excluding hydrogens is 316 g/mol. The Hall–Kier alpha value is -2.30. The number of fused-ring (bicyclic) bond motifs is 1. The highest BCUT2D eigenvalue weighted by atomic mass is 16.5. The summed E-state index contributed by atoms with van der Waals surface area (Å²) >= 11 is 0. The minimum Gasteiger partial charge on any atom is -0.488 e. The first-order chi connectivity index (χ1) is 12.2. The molecule has 0 saturated carbocycles. The lowest BCUT2D eigenvalue weighted by Gasteiger charge is -2.22. The Morgan fingerprint density at radius 2 is 2.12 bits per heavy atom. The largest absolute Gasteiger partial charge is 0.488 e. The van der Waals surface area contributed by atoms with Crippen LogP contribution in [0.1, 0.15) is 43.6 Å². The van der Waals surface area contributed by atoms with Gasteiger partial charge in [0.2, 0.25) is 5.91 Å². The van der Waals surface area contributed by atoms with Crippen LogP contribution in [0.15, 0.2) is 36.1 Å². The molecule has 132 valence electrons. The Bertz CT molecular complexity index is 713. The number of ether oxygens (including phenoxy) is 1. The van der Waals surface area contributed by atoms with Crippen molar-refractivity contribution in [2.45, 2.75) is 38.0 Å². The lowest BCUT2D eigenvalue weighted by Crippen LogP contribution is -2.33. The van der Waals surface area contributed by atoms with Gasteiger partial charge in [-0.3, -0.25) is 9.59 Å². The summed E-state index contributed by atoms with van der Waals surface area (Å²) in [5.41, 5.74) is 2.19. The molecule has 1 atom stereocenters. The zero-order valence-corrected chi connectivity index (χ0v) is 14.4. The van der Waals surface area contributed by atoms with Gasteiger partial charge in [-0.2, -0.15) is 0 Å². The van der Waals surface area contributed by atoms with Crippen LogP contribution in [0.5, 0.6) is 0 Å². The van der Waals surface area contributed by atoms with Crippen molar-refractivity contribution >= 4 is 17.5 Å². The van der Waals surface area contributed by atoms with E-state index in [9.17, 15) is 9.59 Å². The maximum atomic E-state index is 12.9. The number of allylic oxidation sites excluding steroid dienone is 1. The summed E-state index contributed by atoms with van der Waals surface area (Å²) in [6, 6.07) is 8.12. The zero-order chi connectivity index (χ0) is 17.2. The van der Waals surface area contributed by atoms with Gasteiger partial charge in [-0.15, -0.1) is 0 Å². The molecule has 3 aliphatic heterocycles. The molecule has 3 aliphatic rings. The highest BCUT2D eigenvalue weighted by molar-refractivity contribution is 6.05. The first-order valence-electron chi connectivity index (χ1n) is 9.25. The van der Waals surface area contributed by atoms with Crippen LogP contribution in [0, 0.1) is 0 Å². The van der Waals surface area contributed by atoms with E-state index in [1.165, 1.54) is 5.56 Å². The Balaban J connectivity index is 1.50. The first kappa shape index (κ1) is 16.2. The molecule has 1 saturated heterocycles. The van der Waals surface area contributed by atoms with Crippen molar-refractivity contribution in [2.24, 2.45) is 0 Å². The topological polar surface area (TPSA) is 49.9 Å². The minimum absolute atomic E-state index is 0.0353. The Morgan fingerprint density at radius 3 is 2.88 bits per heavy atom. The van der Waals surface area contributed by atoms with Crippen LogP contribution in [0.25, 0.3) is 0 Å². The summed E-state index contributed by atoms with van der Waals surface area (Å²) in [5, 5.41) is 0. The van der Waals surface area contributed by atoms with E-state index >= 15 is 0 Å². The second-order valence-corrected chi connectivity index (χ2v) is 7.00. The number of anilines is 1. The first-order valence-corrected chi connectivity index (χ1v) is 9.25. The molecule has 2 amide bonds. The Morgan fingerprint density at radius 1 is 1.24 bits per heavy atom. The average Bonchev–Trinajstić information content (AvgIpc) is 3.23. The Kier molecular flexibility index (Phi) is 4.47. The second-order valence-electron chi connectivity index (χ2n) is 7.00. The summed E-state index contributed by atoms with van der Waals surface area (Å²) in [7, 11) is 0. The number of benzene rings is 1. The van der Waals surface area contributed by atoms with Crippen LogP contribution in [0.4, 0.5) is 5.69 Å². The fourth-order valence-electron chi connectivity index (χ4n) is 4.03. The van der Waals surface area contributed by atoms with E-state index in [-0.39, 0.29) is 17.7 Å². The predicted octanol–water partition coefficient (Wildman–Crippen LogP) is 2.82. The van der Waals surface area contributed by atoms with Gasteiger partial charge in [0.05, 0.1) is 6.61 Å². The van der Waals surface area contributed by atoms with Gasteiger partial charge in [-0.05, 0) is 43.4 Å². The van der Waals surface area contributed by atoms with Crippen molar-refractivity contribution in [3.8, 4) is 0 Å². The number of rotatable bonds is 4. The quantitative estimate of drug-likeness (QED) is 0.847. The molecule has 0 radical (unpaired) electrons. The van der Waals surface area contributed by atoms with Gasteiger partial charge in [0.25, 0.3) is 5.91 Å². The summed E-state index contributed by atoms with van der Waals surface area (Å²) in [6.45, 7) is 2.93. The van der Waals surface area contributed by atoms with E-state index < -0.39 is 0 Å². The molecule has 3 heterocycles. The maximum absolute atomic E-state index is 12.9. The van der Waals surface area contributed by atoms with Crippen LogP contribution < -0.4 is 4.90 Å². The number of nitrogens with zero attached hydrogens (tertiary/aromatic N) is 2. The molecule has 0 bridgehead atoms. The highest BCUT2D eigenvalue weighted by Crippen LogP contribution is 2.39. The fourth-order valence-corrected chi connectivity index (χ4v) is 4.03. The number of amides is 2.